The van der Waals surface area contributed by atoms with E-state index in [0.717, 1.165) is 10.2 Å². The lowest BCUT2D eigenvalue weighted by Crippen LogP contribution is -1.90. The minimum atomic E-state index is 0.854. The summed E-state index contributed by atoms with van der Waals surface area (Å²) in [6.07, 6.45) is 1.71. The van der Waals surface area contributed by atoms with Gasteiger partial charge in [0.25, 0.3) is 0 Å². The topological polar surface area (TPSA) is 28.7 Å². The number of nitrogens with one attached hydrogen (secondary N) is 1. The Morgan fingerprint density at radius 1 is 1.86 bits per heavy atom. The summed E-state index contributed by atoms with van der Waals surface area (Å²) < 4.78 is 0.914. The van der Waals surface area contributed by atoms with Crippen LogP contribution in [0.15, 0.2) is 10.8 Å². The zero-order valence-electron chi connectivity index (χ0n) is 3.48. The van der Waals surface area contributed by atoms with Crippen molar-refractivity contribution in [1.29, 1.82) is 0 Å². The Hall–Kier alpha value is 0.120. The van der Waals surface area contributed by atoms with Gasteiger partial charge in [0.05, 0.1) is 6.20 Å². The monoisotopic (exact) mass is 178 g/mol. The Labute approximate surface area is 52.1 Å². The quantitative estimate of drug-likeness (QED) is 0.582. The molecule has 4 heteroatoms. The lowest BCUT2D eigenvalue weighted by molar-refractivity contribution is 1.39. The lowest BCUT2D eigenvalue weighted by atomic mass is 11.0. The second-order valence-electron chi connectivity index (χ2n) is 1.12. The van der Waals surface area contributed by atoms with Gasteiger partial charge in [-0.25, -0.2) is 4.98 Å². The van der Waals surface area contributed by atoms with Crippen LogP contribution in [0.4, 0.5) is 0 Å². The van der Waals surface area contributed by atoms with Crippen molar-refractivity contribution in [3.8, 4) is 0 Å². The zero-order chi connectivity index (χ0) is 5.28. The highest BCUT2D eigenvalue weighted by Crippen LogP contribution is 1.99. The molecular weight excluding hydrogens is 175 g/mol. The molecule has 0 amide bonds. The number of imidazole rings is 1. The van der Waals surface area contributed by atoms with Gasteiger partial charge in [0.15, 0.2) is 0 Å². The van der Waals surface area contributed by atoms with Gasteiger partial charge in [0, 0.05) is 0 Å². The van der Waals surface area contributed by atoms with E-state index in [1.54, 1.807) is 6.20 Å². The second-order valence-corrected chi connectivity index (χ2v) is 2.52. The molecule has 1 atom stereocenters. The normalized spacial score (nSPS) is 9.43. The van der Waals surface area contributed by atoms with E-state index in [9.17, 15) is 0 Å². The first kappa shape index (κ1) is 5.26. The summed E-state index contributed by atoms with van der Waals surface area (Å²) in [7, 11) is 2.45. The van der Waals surface area contributed by atoms with Gasteiger partial charge < -0.3 is 4.98 Å². The molecule has 0 radical (unpaired) electrons. The van der Waals surface area contributed by atoms with Crippen LogP contribution >= 0.6 is 25.2 Å². The number of hydrogen-bond donors (Lipinski definition) is 1. The largest absolute Gasteiger partial charge is 0.333 e. The Morgan fingerprint density at radius 3 is 2.71 bits per heavy atom. The van der Waals surface area contributed by atoms with Gasteiger partial charge in [-0.1, -0.05) is 9.24 Å². The third kappa shape index (κ3) is 1.25. The fraction of sp³-hybridized carbons (Fsp3) is 0. The van der Waals surface area contributed by atoms with Gasteiger partial charge in [-0.3, -0.25) is 0 Å². The summed E-state index contributed by atoms with van der Waals surface area (Å²) >= 11 is 3.20. The number of hydrogen-bond acceptors (Lipinski definition) is 1. The molecule has 0 spiro atoms. The predicted molar refractivity (Wildman–Crippen MR) is 35.6 cm³/mol. The maximum Gasteiger partial charge on any atom is 0.123 e. The van der Waals surface area contributed by atoms with Crippen LogP contribution in [0.1, 0.15) is 0 Å². The van der Waals surface area contributed by atoms with Crippen LogP contribution in [0.2, 0.25) is 0 Å². The smallest absolute Gasteiger partial charge is 0.123 e. The standard InChI is InChI=1S/C3H4BrN2P/c4-2-1-5-3(7)6-2/h1H,7H2,(H,5,6). The van der Waals surface area contributed by atoms with E-state index in [4.69, 9.17) is 0 Å². The Balaban J connectivity index is 3.04. The van der Waals surface area contributed by atoms with Gasteiger partial charge >= 0.3 is 0 Å². The van der Waals surface area contributed by atoms with E-state index in [0.29, 0.717) is 0 Å². The van der Waals surface area contributed by atoms with Crippen LogP contribution in [0, 0.1) is 0 Å². The van der Waals surface area contributed by atoms with E-state index in [2.05, 4.69) is 35.1 Å². The SMILES string of the molecule is Pc1ncc(Br)[nH]1. The molecule has 1 aromatic rings. The molecule has 0 aromatic carbocycles. The molecule has 1 N–H and O–H groups in total. The molecule has 1 heterocycles. The third-order valence-electron chi connectivity index (χ3n) is 0.564. The summed E-state index contributed by atoms with van der Waals surface area (Å²) in [5.74, 6) is 0. The number of aromatic nitrogens is 2. The van der Waals surface area contributed by atoms with Crippen molar-refractivity contribution in [3.63, 3.8) is 0 Å². The van der Waals surface area contributed by atoms with Crippen LogP contribution in [0.25, 0.3) is 0 Å². The Morgan fingerprint density at radius 2 is 2.57 bits per heavy atom. The fourth-order valence-corrected chi connectivity index (χ4v) is 1.06. The van der Waals surface area contributed by atoms with Crippen LogP contribution in [-0.2, 0) is 0 Å². The third-order valence-corrected chi connectivity index (χ3v) is 1.26. The molecule has 0 saturated carbocycles. The highest BCUT2D eigenvalue weighted by atomic mass is 79.9. The highest BCUT2D eigenvalue weighted by Gasteiger charge is 1.85. The fourth-order valence-electron chi connectivity index (χ4n) is 0.313. The Kier molecular flexibility index (Phi) is 1.45. The first-order chi connectivity index (χ1) is 3.29. The average Bonchev–Trinajstić information content (AvgIpc) is 1.87. The molecule has 1 unspecified atom stereocenters. The van der Waals surface area contributed by atoms with Crippen molar-refractivity contribution < 1.29 is 0 Å². The molecule has 0 bridgehead atoms. The summed E-state index contributed by atoms with van der Waals surface area (Å²) in [6, 6.07) is 0. The lowest BCUT2D eigenvalue weighted by Gasteiger charge is -1.72. The van der Waals surface area contributed by atoms with Crippen LogP contribution in [0.5, 0.6) is 0 Å². The molecule has 0 saturated heterocycles. The molecular formula is C3H4BrN2P. The van der Waals surface area contributed by atoms with E-state index >= 15 is 0 Å². The molecule has 38 valence electrons. The number of H-pyrrole nitrogens is 1. The first-order valence-electron chi connectivity index (χ1n) is 1.75. The van der Waals surface area contributed by atoms with Gasteiger partial charge in [-0.05, 0) is 15.9 Å². The summed E-state index contributed by atoms with van der Waals surface area (Å²) in [6.45, 7) is 0. The van der Waals surface area contributed by atoms with Gasteiger partial charge in [-0.2, -0.15) is 0 Å². The number of aromatic amines is 1. The minimum Gasteiger partial charge on any atom is -0.333 e. The number of halogens is 1. The van der Waals surface area contributed by atoms with Crippen molar-refractivity contribution in [3.05, 3.63) is 10.8 Å². The molecule has 0 aliphatic heterocycles. The van der Waals surface area contributed by atoms with E-state index in [1.165, 1.54) is 0 Å². The molecule has 0 aliphatic rings. The number of nitrogens with zero attached hydrogens (tertiary/aromatic N) is 1. The van der Waals surface area contributed by atoms with Gasteiger partial charge in [0.1, 0.15) is 10.2 Å². The van der Waals surface area contributed by atoms with Crippen molar-refractivity contribution in [1.82, 2.24) is 9.97 Å². The molecule has 1 aromatic heterocycles. The van der Waals surface area contributed by atoms with E-state index in [-0.39, 0.29) is 0 Å². The predicted octanol–water partition coefficient (Wildman–Crippen LogP) is 0.673. The van der Waals surface area contributed by atoms with Gasteiger partial charge in [-0.15, -0.1) is 0 Å². The van der Waals surface area contributed by atoms with E-state index < -0.39 is 0 Å². The van der Waals surface area contributed by atoms with Crippen molar-refractivity contribution in [2.75, 3.05) is 0 Å². The molecule has 2 nitrogen and oxygen atoms in total. The average molecular weight is 179 g/mol. The van der Waals surface area contributed by atoms with Crippen molar-refractivity contribution in [2.45, 2.75) is 0 Å². The van der Waals surface area contributed by atoms with Crippen molar-refractivity contribution in [2.24, 2.45) is 0 Å². The van der Waals surface area contributed by atoms with Gasteiger partial charge in [0.2, 0.25) is 0 Å². The molecule has 0 fully saturated rings. The highest BCUT2D eigenvalue weighted by molar-refractivity contribution is 9.10. The van der Waals surface area contributed by atoms with Crippen LogP contribution < -0.4 is 5.57 Å². The first-order valence-corrected chi connectivity index (χ1v) is 3.12. The maximum absolute atomic E-state index is 3.88. The minimum absolute atomic E-state index is 0.854. The van der Waals surface area contributed by atoms with Crippen LogP contribution in [0.3, 0.4) is 0 Å². The number of rotatable bonds is 0. The molecule has 0 aliphatic carbocycles. The summed E-state index contributed by atoms with van der Waals surface area (Å²) in [5.41, 5.74) is 0.854. The zero-order valence-corrected chi connectivity index (χ0v) is 6.22. The summed E-state index contributed by atoms with van der Waals surface area (Å²) in [4.78, 5) is 6.78. The second kappa shape index (κ2) is 1.93. The molecule has 1 rings (SSSR count). The molecule has 7 heavy (non-hydrogen) atoms. The summed E-state index contributed by atoms with van der Waals surface area (Å²) in [5, 5.41) is 0. The Bertz CT molecular complexity index is 145. The van der Waals surface area contributed by atoms with Crippen molar-refractivity contribution >= 4 is 30.7 Å². The maximum atomic E-state index is 3.88. The van der Waals surface area contributed by atoms with Crippen LogP contribution in [-0.4, -0.2) is 9.97 Å². The van der Waals surface area contributed by atoms with E-state index in [1.807, 2.05) is 0 Å².